The van der Waals surface area contributed by atoms with Crippen LogP contribution in [0.4, 0.5) is 0 Å². The molecule has 0 N–H and O–H groups in total. The fourth-order valence-corrected chi connectivity index (χ4v) is 4.43. The Balaban J connectivity index is 1.97. The van der Waals surface area contributed by atoms with E-state index in [0.717, 1.165) is 18.5 Å². The molecule has 1 aromatic rings. The van der Waals surface area contributed by atoms with Gasteiger partial charge in [-0.15, -0.1) is 0 Å². The van der Waals surface area contributed by atoms with Crippen molar-refractivity contribution in [3.05, 3.63) is 23.0 Å². The van der Waals surface area contributed by atoms with E-state index in [4.69, 9.17) is 0 Å². The number of hydrogen-bond acceptors (Lipinski definition) is 1. The van der Waals surface area contributed by atoms with Crippen molar-refractivity contribution >= 4 is 5.78 Å². The maximum absolute atomic E-state index is 12.4. The summed E-state index contributed by atoms with van der Waals surface area (Å²) >= 11 is 0. The predicted octanol–water partition coefficient (Wildman–Crippen LogP) is 4.63. The van der Waals surface area contributed by atoms with Crippen molar-refractivity contribution in [2.45, 2.75) is 67.9 Å². The molecule has 0 saturated heterocycles. The maximum Gasteiger partial charge on any atom is 0.165 e. The van der Waals surface area contributed by atoms with Gasteiger partial charge in [-0.05, 0) is 41.6 Å². The molecule has 2 heteroatoms. The lowest BCUT2D eigenvalue weighted by Gasteiger charge is -2.30. The molecule has 0 bridgehead atoms. The van der Waals surface area contributed by atoms with Crippen molar-refractivity contribution in [3.63, 3.8) is 0 Å². The highest BCUT2D eigenvalue weighted by Gasteiger charge is 2.64. The molecule has 0 atom stereocenters. The van der Waals surface area contributed by atoms with Crippen LogP contribution < -0.4 is 0 Å². The summed E-state index contributed by atoms with van der Waals surface area (Å²) < 4.78 is 2.44. The van der Waals surface area contributed by atoms with Gasteiger partial charge in [0.2, 0.25) is 0 Å². The maximum atomic E-state index is 12.4. The summed E-state index contributed by atoms with van der Waals surface area (Å²) in [5.74, 6) is 1.03. The SMILES string of the molecule is Cc1cc2c(n1CC1C(C)(C)C1(C)C)CC(C)(C)CC2=O. The van der Waals surface area contributed by atoms with Gasteiger partial charge in [0.25, 0.3) is 0 Å². The standard InChI is InChI=1S/C19H29NO/c1-12-8-13-14(9-17(2,3)10-15(13)21)20(12)11-16-18(4,5)19(16,6)7/h8,16H,9-11H2,1-7H3. The van der Waals surface area contributed by atoms with Gasteiger partial charge in [-0.25, -0.2) is 0 Å². The number of hydrogen-bond donors (Lipinski definition) is 0. The van der Waals surface area contributed by atoms with E-state index in [-0.39, 0.29) is 5.41 Å². The van der Waals surface area contributed by atoms with E-state index in [1.54, 1.807) is 0 Å². The molecule has 1 aromatic heterocycles. The summed E-state index contributed by atoms with van der Waals surface area (Å²) in [7, 11) is 0. The van der Waals surface area contributed by atoms with E-state index in [1.807, 2.05) is 0 Å². The van der Waals surface area contributed by atoms with E-state index in [9.17, 15) is 4.79 Å². The average molecular weight is 287 g/mol. The number of carbonyl (C=O) groups is 1. The third kappa shape index (κ3) is 2.02. The van der Waals surface area contributed by atoms with Gasteiger partial charge in [0, 0.05) is 29.9 Å². The Kier molecular flexibility index (Phi) is 2.85. The first-order chi connectivity index (χ1) is 9.47. The van der Waals surface area contributed by atoms with Crippen LogP contribution in [0.15, 0.2) is 6.07 Å². The molecule has 2 aliphatic carbocycles. The first-order valence-corrected chi connectivity index (χ1v) is 8.19. The van der Waals surface area contributed by atoms with Gasteiger partial charge in [-0.3, -0.25) is 4.79 Å². The first-order valence-electron chi connectivity index (χ1n) is 8.19. The van der Waals surface area contributed by atoms with Crippen LogP contribution >= 0.6 is 0 Å². The molecule has 0 aliphatic heterocycles. The Bertz CT molecular complexity index is 602. The molecule has 2 nitrogen and oxygen atoms in total. The Labute approximate surface area is 128 Å². The van der Waals surface area contributed by atoms with Crippen LogP contribution in [0.5, 0.6) is 0 Å². The minimum atomic E-state index is 0.0984. The molecule has 116 valence electrons. The highest BCUT2D eigenvalue weighted by Crippen LogP contribution is 2.69. The minimum Gasteiger partial charge on any atom is -0.348 e. The molecule has 1 heterocycles. The van der Waals surface area contributed by atoms with Crippen LogP contribution in [0.1, 0.15) is 69.7 Å². The van der Waals surface area contributed by atoms with Gasteiger partial charge in [0.15, 0.2) is 5.78 Å². The average Bonchev–Trinajstić information content (AvgIpc) is 2.59. The fraction of sp³-hybridized carbons (Fsp3) is 0.737. The van der Waals surface area contributed by atoms with Crippen molar-refractivity contribution < 1.29 is 4.79 Å². The highest BCUT2D eigenvalue weighted by atomic mass is 16.1. The summed E-state index contributed by atoms with van der Waals surface area (Å²) in [5, 5.41) is 0. The van der Waals surface area contributed by atoms with Gasteiger partial charge in [-0.1, -0.05) is 41.5 Å². The lowest BCUT2D eigenvalue weighted by atomic mass is 9.76. The van der Waals surface area contributed by atoms with Crippen LogP contribution in [0.2, 0.25) is 0 Å². The van der Waals surface area contributed by atoms with E-state index in [2.05, 4.69) is 59.1 Å². The zero-order chi connectivity index (χ0) is 15.8. The lowest BCUT2D eigenvalue weighted by Crippen LogP contribution is -2.28. The summed E-state index contributed by atoms with van der Waals surface area (Å²) in [6, 6.07) is 2.12. The number of aromatic nitrogens is 1. The van der Waals surface area contributed by atoms with Crippen molar-refractivity contribution in [2.75, 3.05) is 0 Å². The Hall–Kier alpha value is -1.05. The van der Waals surface area contributed by atoms with Crippen LogP contribution in [-0.2, 0) is 13.0 Å². The Morgan fingerprint density at radius 2 is 1.67 bits per heavy atom. The number of nitrogens with zero attached hydrogens (tertiary/aromatic N) is 1. The van der Waals surface area contributed by atoms with Gasteiger partial charge < -0.3 is 4.57 Å². The topological polar surface area (TPSA) is 22.0 Å². The van der Waals surface area contributed by atoms with Gasteiger partial charge in [-0.2, -0.15) is 0 Å². The van der Waals surface area contributed by atoms with Crippen LogP contribution in [0.25, 0.3) is 0 Å². The molecular formula is C19H29NO. The molecule has 0 aromatic carbocycles. The second kappa shape index (κ2) is 4.02. The Morgan fingerprint density at radius 1 is 1.10 bits per heavy atom. The van der Waals surface area contributed by atoms with Crippen LogP contribution in [0, 0.1) is 29.1 Å². The molecule has 0 unspecified atom stereocenters. The molecule has 2 aliphatic rings. The zero-order valence-corrected chi connectivity index (χ0v) is 14.6. The molecule has 1 fully saturated rings. The smallest absolute Gasteiger partial charge is 0.165 e. The summed E-state index contributed by atoms with van der Waals surface area (Å²) in [5.41, 5.74) is 4.41. The molecule has 21 heavy (non-hydrogen) atoms. The minimum absolute atomic E-state index is 0.0984. The second-order valence-corrected chi connectivity index (χ2v) is 9.19. The van der Waals surface area contributed by atoms with Crippen molar-refractivity contribution in [2.24, 2.45) is 22.2 Å². The van der Waals surface area contributed by atoms with Crippen molar-refractivity contribution in [1.82, 2.24) is 4.57 Å². The predicted molar refractivity (Wildman–Crippen MR) is 86.7 cm³/mol. The number of ketones is 1. The largest absolute Gasteiger partial charge is 0.348 e. The third-order valence-corrected chi connectivity index (χ3v) is 6.69. The summed E-state index contributed by atoms with van der Waals surface area (Å²) in [6.45, 7) is 17.1. The first kappa shape index (κ1) is 14.9. The van der Waals surface area contributed by atoms with Crippen molar-refractivity contribution in [3.8, 4) is 0 Å². The van der Waals surface area contributed by atoms with Crippen molar-refractivity contribution in [1.29, 1.82) is 0 Å². The molecule has 0 amide bonds. The van der Waals surface area contributed by atoms with Gasteiger partial charge >= 0.3 is 0 Å². The van der Waals surface area contributed by atoms with Gasteiger partial charge in [0.1, 0.15) is 0 Å². The van der Waals surface area contributed by atoms with E-state index in [0.29, 0.717) is 29.0 Å². The van der Waals surface area contributed by atoms with E-state index < -0.39 is 0 Å². The monoisotopic (exact) mass is 287 g/mol. The van der Waals surface area contributed by atoms with Crippen LogP contribution in [0.3, 0.4) is 0 Å². The molecule has 3 rings (SSSR count). The fourth-order valence-electron chi connectivity index (χ4n) is 4.43. The molecule has 0 radical (unpaired) electrons. The quantitative estimate of drug-likeness (QED) is 0.777. The highest BCUT2D eigenvalue weighted by molar-refractivity contribution is 5.99. The summed E-state index contributed by atoms with van der Waals surface area (Å²) in [4.78, 5) is 12.4. The number of fused-ring (bicyclic) bond motifs is 1. The third-order valence-electron chi connectivity index (χ3n) is 6.69. The molecular weight excluding hydrogens is 258 g/mol. The normalized spacial score (nSPS) is 25.8. The Morgan fingerprint density at radius 3 is 2.19 bits per heavy atom. The number of rotatable bonds is 2. The number of aryl methyl sites for hydroxylation is 1. The van der Waals surface area contributed by atoms with E-state index in [1.165, 1.54) is 11.4 Å². The lowest BCUT2D eigenvalue weighted by molar-refractivity contribution is 0.0909. The second-order valence-electron chi connectivity index (χ2n) is 9.19. The number of carbonyl (C=O) groups excluding carboxylic acids is 1. The van der Waals surface area contributed by atoms with E-state index >= 15 is 0 Å². The molecule has 0 spiro atoms. The zero-order valence-electron chi connectivity index (χ0n) is 14.6. The molecule has 1 saturated carbocycles. The van der Waals surface area contributed by atoms with Crippen LogP contribution in [-0.4, -0.2) is 10.4 Å². The van der Waals surface area contributed by atoms with Gasteiger partial charge in [0.05, 0.1) is 0 Å². The summed E-state index contributed by atoms with van der Waals surface area (Å²) in [6.07, 6.45) is 1.71. The number of Topliss-reactive ketones (excluding diaryl/α,β-unsaturated/α-hetero) is 1.